The van der Waals surface area contributed by atoms with Gasteiger partial charge in [0, 0.05) is 18.7 Å². The van der Waals surface area contributed by atoms with Gasteiger partial charge in [0.1, 0.15) is 0 Å². The van der Waals surface area contributed by atoms with Gasteiger partial charge in [0.25, 0.3) is 0 Å². The summed E-state index contributed by atoms with van der Waals surface area (Å²) in [5, 5.41) is 12.4. The quantitative estimate of drug-likeness (QED) is 0.870. The first-order valence-electron chi connectivity index (χ1n) is 5.86. The van der Waals surface area contributed by atoms with Crippen LogP contribution in [0.2, 0.25) is 0 Å². The molecule has 0 spiro atoms. The largest absolute Gasteiger partial charge is 0.327 e. The third kappa shape index (κ3) is 3.00. The second-order valence-electron chi connectivity index (χ2n) is 5.64. The lowest BCUT2D eigenvalue weighted by Crippen LogP contribution is -2.29. The van der Waals surface area contributed by atoms with Crippen LogP contribution >= 0.6 is 0 Å². The number of hydrogen-bond acceptors (Lipinski definition) is 4. The van der Waals surface area contributed by atoms with Crippen molar-refractivity contribution in [1.82, 2.24) is 19.8 Å². The van der Waals surface area contributed by atoms with E-state index in [0.717, 1.165) is 17.9 Å². The summed E-state index contributed by atoms with van der Waals surface area (Å²) in [4.78, 5) is 0. The Bertz CT molecular complexity index is 497. The topological polar surface area (TPSA) is 69.1 Å². The summed E-state index contributed by atoms with van der Waals surface area (Å²) >= 11 is 0. The van der Waals surface area contributed by atoms with Gasteiger partial charge in [-0.15, -0.1) is 10.2 Å². The molecule has 5 heteroatoms. The Balaban J connectivity index is 2.13. The van der Waals surface area contributed by atoms with Gasteiger partial charge in [-0.1, -0.05) is 20.8 Å². The van der Waals surface area contributed by atoms with Crippen LogP contribution in [-0.4, -0.2) is 25.9 Å². The first kappa shape index (κ1) is 12.0. The van der Waals surface area contributed by atoms with Crippen LogP contribution in [0, 0.1) is 5.41 Å². The highest BCUT2D eigenvalue weighted by atomic mass is 15.4. The monoisotopic (exact) mass is 233 g/mol. The van der Waals surface area contributed by atoms with Crippen LogP contribution in [0.4, 0.5) is 0 Å². The first-order valence-corrected chi connectivity index (χ1v) is 5.86. The Kier molecular flexibility index (Phi) is 3.11. The predicted molar refractivity (Wildman–Crippen MR) is 66.5 cm³/mol. The van der Waals surface area contributed by atoms with Gasteiger partial charge in [0.15, 0.2) is 11.5 Å². The SMILES string of the molecule is CC(C)(C)CC(N)Cc1nnc2cccnn12. The first-order chi connectivity index (χ1) is 7.96. The van der Waals surface area contributed by atoms with E-state index in [9.17, 15) is 0 Å². The molecule has 2 N–H and O–H groups in total. The molecule has 0 saturated heterocycles. The maximum Gasteiger partial charge on any atom is 0.177 e. The summed E-state index contributed by atoms with van der Waals surface area (Å²) in [5.74, 6) is 0.831. The van der Waals surface area contributed by atoms with Crippen LogP contribution in [0.15, 0.2) is 18.3 Å². The maximum absolute atomic E-state index is 6.13. The summed E-state index contributed by atoms with van der Waals surface area (Å²) < 4.78 is 1.75. The molecule has 2 aromatic rings. The molecule has 0 fully saturated rings. The van der Waals surface area contributed by atoms with E-state index in [1.165, 1.54) is 0 Å². The molecule has 0 aromatic carbocycles. The Labute approximate surface area is 101 Å². The number of hydrogen-bond donors (Lipinski definition) is 1. The van der Waals surface area contributed by atoms with Crippen molar-refractivity contribution in [2.75, 3.05) is 0 Å². The van der Waals surface area contributed by atoms with Crippen LogP contribution in [0.5, 0.6) is 0 Å². The predicted octanol–water partition coefficient (Wildman–Crippen LogP) is 1.43. The summed E-state index contributed by atoms with van der Waals surface area (Å²) in [6, 6.07) is 3.83. The van der Waals surface area contributed by atoms with E-state index < -0.39 is 0 Å². The van der Waals surface area contributed by atoms with Crippen molar-refractivity contribution in [3.63, 3.8) is 0 Å². The van der Waals surface area contributed by atoms with Gasteiger partial charge in [0.2, 0.25) is 0 Å². The van der Waals surface area contributed by atoms with Gasteiger partial charge in [-0.3, -0.25) is 0 Å². The van der Waals surface area contributed by atoms with Gasteiger partial charge < -0.3 is 5.73 Å². The molecule has 0 aliphatic heterocycles. The molecule has 0 aliphatic carbocycles. The van der Waals surface area contributed by atoms with Crippen molar-refractivity contribution in [3.8, 4) is 0 Å². The lowest BCUT2D eigenvalue weighted by molar-refractivity contribution is 0.335. The van der Waals surface area contributed by atoms with Crippen LogP contribution in [-0.2, 0) is 6.42 Å². The molecule has 17 heavy (non-hydrogen) atoms. The number of nitrogens with zero attached hydrogens (tertiary/aromatic N) is 4. The molecule has 1 unspecified atom stereocenters. The van der Waals surface area contributed by atoms with Crippen LogP contribution < -0.4 is 5.73 Å². The summed E-state index contributed by atoms with van der Waals surface area (Å²) in [6.45, 7) is 6.56. The van der Waals surface area contributed by atoms with E-state index in [1.807, 2.05) is 12.1 Å². The summed E-state index contributed by atoms with van der Waals surface area (Å²) in [5.41, 5.74) is 7.13. The molecule has 2 heterocycles. The highest BCUT2D eigenvalue weighted by molar-refractivity contribution is 5.34. The Hall–Kier alpha value is -1.49. The van der Waals surface area contributed by atoms with Gasteiger partial charge >= 0.3 is 0 Å². The van der Waals surface area contributed by atoms with Crippen molar-refractivity contribution >= 4 is 5.65 Å². The van der Waals surface area contributed by atoms with Crippen molar-refractivity contribution < 1.29 is 0 Å². The molecule has 0 bridgehead atoms. The van der Waals surface area contributed by atoms with Crippen LogP contribution in [0.3, 0.4) is 0 Å². The van der Waals surface area contributed by atoms with Crippen molar-refractivity contribution in [3.05, 3.63) is 24.2 Å². The van der Waals surface area contributed by atoms with Gasteiger partial charge in [-0.2, -0.15) is 9.61 Å². The number of nitrogens with two attached hydrogens (primary N) is 1. The average Bonchev–Trinajstić information content (AvgIpc) is 2.59. The Morgan fingerprint density at radius 3 is 2.82 bits per heavy atom. The Morgan fingerprint density at radius 2 is 2.12 bits per heavy atom. The molecule has 0 amide bonds. The second kappa shape index (κ2) is 4.41. The third-order valence-electron chi connectivity index (χ3n) is 2.56. The summed E-state index contributed by atoms with van der Waals surface area (Å²) in [6.07, 6.45) is 3.39. The van der Waals surface area contributed by atoms with E-state index in [1.54, 1.807) is 10.7 Å². The molecular weight excluding hydrogens is 214 g/mol. The fraction of sp³-hybridized carbons (Fsp3) is 0.583. The van der Waals surface area contributed by atoms with Crippen LogP contribution in [0.1, 0.15) is 33.0 Å². The maximum atomic E-state index is 6.13. The van der Waals surface area contributed by atoms with Crippen molar-refractivity contribution in [2.24, 2.45) is 11.1 Å². The Morgan fingerprint density at radius 1 is 1.35 bits per heavy atom. The zero-order valence-electron chi connectivity index (χ0n) is 10.6. The number of fused-ring (bicyclic) bond motifs is 1. The highest BCUT2D eigenvalue weighted by Gasteiger charge is 2.18. The molecule has 92 valence electrons. The molecule has 2 rings (SSSR count). The summed E-state index contributed by atoms with van der Waals surface area (Å²) in [7, 11) is 0. The van der Waals surface area contributed by atoms with E-state index in [2.05, 4.69) is 36.1 Å². The zero-order valence-corrected chi connectivity index (χ0v) is 10.6. The van der Waals surface area contributed by atoms with Gasteiger partial charge in [-0.05, 0) is 24.0 Å². The molecule has 1 atom stereocenters. The zero-order chi connectivity index (χ0) is 12.5. The van der Waals surface area contributed by atoms with E-state index in [4.69, 9.17) is 5.73 Å². The minimum Gasteiger partial charge on any atom is -0.327 e. The van der Waals surface area contributed by atoms with E-state index >= 15 is 0 Å². The molecule has 2 aromatic heterocycles. The molecule has 0 aliphatic rings. The van der Waals surface area contributed by atoms with E-state index in [0.29, 0.717) is 6.42 Å². The lowest BCUT2D eigenvalue weighted by Gasteiger charge is -2.22. The lowest BCUT2D eigenvalue weighted by atomic mass is 9.87. The minimum absolute atomic E-state index is 0.0874. The van der Waals surface area contributed by atoms with Crippen molar-refractivity contribution in [2.45, 2.75) is 39.7 Å². The number of aromatic nitrogens is 4. The van der Waals surface area contributed by atoms with Crippen LogP contribution in [0.25, 0.3) is 5.65 Å². The van der Waals surface area contributed by atoms with Crippen molar-refractivity contribution in [1.29, 1.82) is 0 Å². The molecular formula is C12H19N5. The van der Waals surface area contributed by atoms with E-state index in [-0.39, 0.29) is 11.5 Å². The molecule has 0 saturated carbocycles. The fourth-order valence-electron chi connectivity index (χ4n) is 2.01. The third-order valence-corrected chi connectivity index (χ3v) is 2.56. The smallest absolute Gasteiger partial charge is 0.177 e. The number of rotatable bonds is 3. The average molecular weight is 233 g/mol. The fourth-order valence-corrected chi connectivity index (χ4v) is 2.01. The molecule has 0 radical (unpaired) electrons. The highest BCUT2D eigenvalue weighted by Crippen LogP contribution is 2.21. The minimum atomic E-state index is 0.0874. The normalized spacial score (nSPS) is 14.1. The molecule has 5 nitrogen and oxygen atoms in total. The second-order valence-corrected chi connectivity index (χ2v) is 5.64. The van der Waals surface area contributed by atoms with Gasteiger partial charge in [0.05, 0.1) is 0 Å². The standard InChI is InChI=1S/C12H19N5/c1-12(2,3)8-9(13)7-11-16-15-10-5-4-6-14-17(10)11/h4-6,9H,7-8,13H2,1-3H3. The van der Waals surface area contributed by atoms with Gasteiger partial charge in [-0.25, -0.2) is 0 Å².